The second-order valence-electron chi connectivity index (χ2n) is 8.45. The van der Waals surface area contributed by atoms with E-state index in [1.165, 1.54) is 28.7 Å². The fourth-order valence-corrected chi connectivity index (χ4v) is 8.16. The zero-order valence-electron chi connectivity index (χ0n) is 18.7. The van der Waals surface area contributed by atoms with Crippen molar-refractivity contribution < 1.29 is 24.7 Å². The highest BCUT2D eigenvalue weighted by Gasteiger charge is 2.53. The van der Waals surface area contributed by atoms with E-state index in [0.717, 1.165) is 53.9 Å². The number of thioether (sulfide) groups is 2. The van der Waals surface area contributed by atoms with E-state index in [2.05, 4.69) is 31.9 Å². The molecular weight excluding hydrogens is 549 g/mol. The fourth-order valence-electron chi connectivity index (χ4n) is 4.28. The van der Waals surface area contributed by atoms with Gasteiger partial charge in [-0.3, -0.25) is 19.0 Å². The number of anilines is 1. The SMILES string of the molecule is C[N+]1(c2nsc(SC3=C(C(=O)[O-])N4C(=O)[C@@H](NC(=O)/C(=N\O)c5csc(N)n5)C4SC3)n2)CCCC1. The number of carbonyl (C=O) groups is 3. The molecule has 2 fully saturated rings. The molecule has 0 aliphatic carbocycles. The van der Waals surface area contributed by atoms with Crippen LogP contribution in [0, 0.1) is 0 Å². The first-order chi connectivity index (χ1) is 17.2. The molecule has 0 bridgehead atoms. The Hall–Kier alpha value is -2.73. The highest BCUT2D eigenvalue weighted by Crippen LogP contribution is 2.45. The molecule has 0 saturated carbocycles. The van der Waals surface area contributed by atoms with E-state index < -0.39 is 34.9 Å². The third-order valence-electron chi connectivity index (χ3n) is 6.14. The summed E-state index contributed by atoms with van der Waals surface area (Å²) in [6.07, 6.45) is 2.21. The maximum Gasteiger partial charge on any atom is 0.341 e. The molecule has 4 N–H and O–H groups in total. The van der Waals surface area contributed by atoms with E-state index in [9.17, 15) is 24.7 Å². The summed E-state index contributed by atoms with van der Waals surface area (Å²) in [6, 6.07) is -1.01. The number of rotatable bonds is 7. The number of carbonyl (C=O) groups excluding carboxylic acids is 3. The second-order valence-corrected chi connectivity index (χ2v) is 12.5. The van der Waals surface area contributed by atoms with Crippen molar-refractivity contribution >= 4 is 81.0 Å². The van der Waals surface area contributed by atoms with Crippen molar-refractivity contribution in [3.05, 3.63) is 21.7 Å². The number of carboxylic acid groups (broad SMARTS) is 1. The number of oxime groups is 1. The molecule has 0 spiro atoms. The molecule has 2 aromatic heterocycles. The monoisotopic (exact) mass is 568 g/mol. The van der Waals surface area contributed by atoms with Crippen molar-refractivity contribution in [1.29, 1.82) is 0 Å². The third-order valence-corrected chi connectivity index (χ3v) is 10.1. The largest absolute Gasteiger partial charge is 0.543 e. The summed E-state index contributed by atoms with van der Waals surface area (Å²) in [5.74, 6) is -1.94. The van der Waals surface area contributed by atoms with Crippen molar-refractivity contribution in [2.75, 3.05) is 31.6 Å². The number of amides is 2. The van der Waals surface area contributed by atoms with Gasteiger partial charge in [0.1, 0.15) is 17.1 Å². The van der Waals surface area contributed by atoms with Crippen LogP contribution in [0.1, 0.15) is 18.5 Å². The van der Waals surface area contributed by atoms with Crippen LogP contribution in [-0.2, 0) is 14.4 Å². The minimum absolute atomic E-state index is 0.0629. The number of aromatic nitrogens is 3. The fraction of sp³-hybridized carbons (Fsp3) is 0.421. The predicted octanol–water partition coefficient (Wildman–Crippen LogP) is -0.360. The molecule has 2 aromatic rings. The number of thiazole rings is 1. The number of hydrogen-bond acceptors (Lipinski definition) is 14. The van der Waals surface area contributed by atoms with Crippen LogP contribution in [0.15, 0.2) is 25.5 Å². The minimum Gasteiger partial charge on any atom is -0.543 e. The van der Waals surface area contributed by atoms with Crippen LogP contribution in [0.4, 0.5) is 11.1 Å². The molecule has 36 heavy (non-hydrogen) atoms. The summed E-state index contributed by atoms with van der Waals surface area (Å²) < 4.78 is 5.72. The summed E-state index contributed by atoms with van der Waals surface area (Å²) in [4.78, 5) is 47.7. The highest BCUT2D eigenvalue weighted by molar-refractivity contribution is 8.07. The summed E-state index contributed by atoms with van der Waals surface area (Å²) in [5, 5.41) is 27.8. The van der Waals surface area contributed by atoms with E-state index in [1.807, 2.05) is 0 Å². The molecule has 3 aliphatic heterocycles. The van der Waals surface area contributed by atoms with Crippen LogP contribution in [0.3, 0.4) is 0 Å². The maximum absolute atomic E-state index is 12.9. The second kappa shape index (κ2) is 9.62. The standard InChI is InChI=1S/C19H20N8O5S4/c1-27(4-2-3-5-27)18-23-19(36-25-18)35-9-7-33-15-11(14(29)26(15)12(9)16(30)31)22-13(28)10(24-32)8-6-34-17(20)21-8/h6,11,15H,2-5,7H2,1H3,(H4-,20,21,22,28,30,31,32)/t11-,15?/m1/s1. The van der Waals surface area contributed by atoms with Crippen molar-refractivity contribution in [2.24, 2.45) is 5.16 Å². The van der Waals surface area contributed by atoms with Crippen LogP contribution >= 0.6 is 46.4 Å². The van der Waals surface area contributed by atoms with Gasteiger partial charge in [-0.15, -0.1) is 27.5 Å². The molecule has 1 unspecified atom stereocenters. The average Bonchev–Trinajstić information content (AvgIpc) is 3.60. The number of aliphatic carboxylic acids is 1. The number of quaternary nitrogens is 1. The summed E-state index contributed by atoms with van der Waals surface area (Å²) in [6.45, 7) is 1.92. The molecular formula is C19H20N8O5S4. The summed E-state index contributed by atoms with van der Waals surface area (Å²) in [5.41, 5.74) is 5.00. The number of hydrogen-bond donors (Lipinski definition) is 3. The normalized spacial score (nSPS) is 23.4. The Balaban J connectivity index is 1.32. The number of likely N-dealkylation sites (tertiary alicyclic amines) is 1. The van der Waals surface area contributed by atoms with E-state index in [-0.39, 0.29) is 22.3 Å². The Kier molecular flexibility index (Phi) is 6.67. The van der Waals surface area contributed by atoms with E-state index in [1.54, 1.807) is 0 Å². The van der Waals surface area contributed by atoms with Gasteiger partial charge in [-0.05, 0) is 11.5 Å². The Labute approximate surface area is 221 Å². The lowest BCUT2D eigenvalue weighted by atomic mass is 10.0. The summed E-state index contributed by atoms with van der Waals surface area (Å²) >= 11 is 4.72. The number of nitrogens with two attached hydrogens (primary N) is 1. The number of β-lactam (4-membered cyclic amide) rings is 1. The Morgan fingerprint density at radius 2 is 2.11 bits per heavy atom. The van der Waals surface area contributed by atoms with Gasteiger partial charge in [0.25, 0.3) is 11.8 Å². The van der Waals surface area contributed by atoms with Gasteiger partial charge in [-0.25, -0.2) is 4.98 Å². The van der Waals surface area contributed by atoms with Crippen molar-refractivity contribution in [3.8, 4) is 0 Å². The molecule has 5 rings (SSSR count). The molecule has 3 aliphatic rings. The zero-order valence-corrected chi connectivity index (χ0v) is 22.0. The third kappa shape index (κ3) is 4.34. The topological polar surface area (TPSA) is 187 Å². The smallest absolute Gasteiger partial charge is 0.341 e. The molecule has 2 atom stereocenters. The van der Waals surface area contributed by atoms with Crippen LogP contribution in [-0.4, -0.2) is 85.2 Å². The first-order valence-corrected chi connectivity index (χ1v) is 14.2. The van der Waals surface area contributed by atoms with Gasteiger partial charge in [0.15, 0.2) is 15.2 Å². The van der Waals surface area contributed by atoms with Gasteiger partial charge in [-0.2, -0.15) is 4.98 Å². The Morgan fingerprint density at radius 1 is 1.36 bits per heavy atom. The first-order valence-electron chi connectivity index (χ1n) is 10.7. The lowest BCUT2D eigenvalue weighted by Crippen LogP contribution is -2.71. The molecule has 2 amide bonds. The Morgan fingerprint density at radius 3 is 2.75 bits per heavy atom. The van der Waals surface area contributed by atoms with E-state index in [4.69, 9.17) is 5.73 Å². The molecule has 190 valence electrons. The van der Waals surface area contributed by atoms with Crippen LogP contribution in [0.2, 0.25) is 0 Å². The highest BCUT2D eigenvalue weighted by atomic mass is 32.2. The predicted molar refractivity (Wildman–Crippen MR) is 134 cm³/mol. The minimum atomic E-state index is -1.49. The quantitative estimate of drug-likeness (QED) is 0.130. The molecule has 0 radical (unpaired) electrons. The van der Waals surface area contributed by atoms with Gasteiger partial charge in [0.05, 0.1) is 31.8 Å². The first kappa shape index (κ1) is 24.9. The lowest BCUT2D eigenvalue weighted by Gasteiger charge is -2.50. The van der Waals surface area contributed by atoms with Gasteiger partial charge < -0.3 is 26.2 Å². The molecule has 5 heterocycles. The van der Waals surface area contributed by atoms with Crippen molar-refractivity contribution in [3.63, 3.8) is 0 Å². The number of nitrogens with one attached hydrogen (secondary N) is 1. The van der Waals surface area contributed by atoms with Crippen molar-refractivity contribution in [2.45, 2.75) is 28.6 Å². The van der Waals surface area contributed by atoms with Crippen LogP contribution in [0.5, 0.6) is 0 Å². The number of fused-ring (bicyclic) bond motifs is 1. The summed E-state index contributed by atoms with van der Waals surface area (Å²) in [7, 11) is 2.08. The Bertz CT molecular complexity index is 1300. The van der Waals surface area contributed by atoms with E-state index >= 15 is 0 Å². The molecule has 13 nitrogen and oxygen atoms in total. The van der Waals surface area contributed by atoms with Crippen LogP contribution < -0.4 is 20.6 Å². The van der Waals surface area contributed by atoms with Gasteiger partial charge in [0.2, 0.25) is 0 Å². The van der Waals surface area contributed by atoms with Crippen molar-refractivity contribution in [1.82, 2.24) is 29.0 Å². The van der Waals surface area contributed by atoms with Gasteiger partial charge >= 0.3 is 5.95 Å². The molecule has 2 saturated heterocycles. The zero-order chi connectivity index (χ0) is 25.6. The van der Waals surface area contributed by atoms with Crippen LogP contribution in [0.25, 0.3) is 0 Å². The lowest BCUT2D eigenvalue weighted by molar-refractivity contribution is -0.301. The number of nitrogens with zero attached hydrogens (tertiary/aromatic N) is 6. The number of carboxylic acids is 1. The van der Waals surface area contributed by atoms with Gasteiger partial charge in [0, 0.05) is 28.9 Å². The van der Waals surface area contributed by atoms with E-state index in [0.29, 0.717) is 19.7 Å². The molecule has 17 heteroatoms. The number of nitrogen functional groups attached to an aromatic ring is 1. The maximum atomic E-state index is 12.9. The van der Waals surface area contributed by atoms with Gasteiger partial charge in [-0.1, -0.05) is 16.9 Å². The molecule has 0 aromatic carbocycles. The average molecular weight is 569 g/mol.